The molecule has 1 saturated heterocycles. The van der Waals surface area contributed by atoms with E-state index in [1.807, 2.05) is 0 Å². The van der Waals surface area contributed by atoms with Crippen LogP contribution in [0.25, 0.3) is 0 Å². The van der Waals surface area contributed by atoms with E-state index in [9.17, 15) is 4.79 Å². The molecule has 0 amide bonds. The summed E-state index contributed by atoms with van der Waals surface area (Å²) in [4.78, 5) is 20.0. The van der Waals surface area contributed by atoms with Gasteiger partial charge in [-0.3, -0.25) is 9.40 Å². The molecule has 1 aliphatic rings. The summed E-state index contributed by atoms with van der Waals surface area (Å²) in [5.41, 5.74) is 7.66. The van der Waals surface area contributed by atoms with Gasteiger partial charge in [0.05, 0.1) is 0 Å². The Bertz CT molecular complexity index is 356. The van der Waals surface area contributed by atoms with Crippen LogP contribution in [0.5, 0.6) is 0 Å². The molecule has 1 aliphatic heterocycles. The molecule has 1 aromatic heterocycles. The molecule has 0 aliphatic carbocycles. The van der Waals surface area contributed by atoms with Gasteiger partial charge >= 0.3 is 5.69 Å². The molecular formula is C7H10N4O2. The van der Waals surface area contributed by atoms with Crippen LogP contribution in [0.2, 0.25) is 0 Å². The Labute approximate surface area is 74.3 Å². The lowest BCUT2D eigenvalue weighted by molar-refractivity contribution is -0.0119. The van der Waals surface area contributed by atoms with E-state index in [1.54, 1.807) is 12.3 Å². The quantitative estimate of drug-likeness (QED) is 0.597. The minimum atomic E-state index is -0.381. The molecule has 0 spiro atoms. The molecule has 1 unspecified atom stereocenters. The van der Waals surface area contributed by atoms with Gasteiger partial charge in [0.1, 0.15) is 5.82 Å². The van der Waals surface area contributed by atoms with E-state index in [0.29, 0.717) is 0 Å². The van der Waals surface area contributed by atoms with Crippen LogP contribution in [0.4, 0.5) is 5.82 Å². The van der Waals surface area contributed by atoms with Crippen LogP contribution in [0.1, 0.15) is 12.6 Å². The van der Waals surface area contributed by atoms with Crippen LogP contribution in [0.15, 0.2) is 17.1 Å². The zero-order valence-electron chi connectivity index (χ0n) is 6.93. The second-order valence-electron chi connectivity index (χ2n) is 2.80. The summed E-state index contributed by atoms with van der Waals surface area (Å²) in [6.45, 7) is 0.738. The zero-order valence-corrected chi connectivity index (χ0v) is 6.93. The van der Waals surface area contributed by atoms with Crippen molar-refractivity contribution in [3.8, 4) is 0 Å². The molecular weight excluding hydrogens is 172 g/mol. The van der Waals surface area contributed by atoms with Gasteiger partial charge in [0.2, 0.25) is 0 Å². The number of aromatic nitrogens is 2. The van der Waals surface area contributed by atoms with E-state index in [0.717, 1.165) is 13.0 Å². The molecule has 6 nitrogen and oxygen atoms in total. The molecule has 13 heavy (non-hydrogen) atoms. The lowest BCUT2D eigenvalue weighted by Gasteiger charge is -2.10. The van der Waals surface area contributed by atoms with Gasteiger partial charge in [0.25, 0.3) is 0 Å². The summed E-state index contributed by atoms with van der Waals surface area (Å²) in [6.07, 6.45) is 2.08. The van der Waals surface area contributed by atoms with E-state index in [4.69, 9.17) is 10.6 Å². The van der Waals surface area contributed by atoms with Crippen LogP contribution in [-0.4, -0.2) is 16.1 Å². The van der Waals surface area contributed by atoms with E-state index in [-0.39, 0.29) is 17.7 Å². The lowest BCUT2D eigenvalue weighted by atomic mass is 10.4. The highest BCUT2D eigenvalue weighted by atomic mass is 16.7. The molecule has 0 bridgehead atoms. The molecule has 2 heterocycles. The lowest BCUT2D eigenvalue weighted by Crippen LogP contribution is -2.27. The highest BCUT2D eigenvalue weighted by Gasteiger charge is 2.18. The van der Waals surface area contributed by atoms with Crippen LogP contribution in [0, 0.1) is 0 Å². The van der Waals surface area contributed by atoms with Gasteiger partial charge in [0, 0.05) is 19.2 Å². The summed E-state index contributed by atoms with van der Waals surface area (Å²) >= 11 is 0. The van der Waals surface area contributed by atoms with Crippen molar-refractivity contribution in [3.63, 3.8) is 0 Å². The summed E-state index contributed by atoms with van der Waals surface area (Å²) in [7, 11) is 0. The average molecular weight is 182 g/mol. The topological polar surface area (TPSA) is 82.2 Å². The number of hydrogen-bond donors (Lipinski definition) is 2. The second-order valence-corrected chi connectivity index (χ2v) is 2.80. The van der Waals surface area contributed by atoms with Crippen LogP contribution in [0.3, 0.4) is 0 Å². The third-order valence-corrected chi connectivity index (χ3v) is 1.87. The fourth-order valence-corrected chi connectivity index (χ4v) is 1.24. The first-order valence-electron chi connectivity index (χ1n) is 4.00. The van der Waals surface area contributed by atoms with Crippen molar-refractivity contribution >= 4 is 5.82 Å². The maximum absolute atomic E-state index is 11.3. The Morgan fingerprint density at radius 1 is 1.77 bits per heavy atom. The van der Waals surface area contributed by atoms with Crippen LogP contribution < -0.4 is 16.9 Å². The van der Waals surface area contributed by atoms with Gasteiger partial charge in [-0.15, -0.1) is 0 Å². The first kappa shape index (κ1) is 8.21. The normalized spacial score (nSPS) is 22.0. The van der Waals surface area contributed by atoms with Gasteiger partial charge < -0.3 is 5.73 Å². The SMILES string of the molecule is Nc1ccn(C2CCNO2)c(=O)n1. The predicted octanol–water partition coefficient (Wildman–Crippen LogP) is -0.751. The fourth-order valence-electron chi connectivity index (χ4n) is 1.24. The summed E-state index contributed by atoms with van der Waals surface area (Å²) in [5.74, 6) is 0.229. The number of nitrogens with two attached hydrogens (primary N) is 1. The van der Waals surface area contributed by atoms with Crippen molar-refractivity contribution in [2.24, 2.45) is 0 Å². The number of hydroxylamine groups is 1. The van der Waals surface area contributed by atoms with E-state index >= 15 is 0 Å². The molecule has 0 radical (unpaired) electrons. The molecule has 1 atom stereocenters. The fraction of sp³-hybridized carbons (Fsp3) is 0.429. The molecule has 6 heteroatoms. The summed E-state index contributed by atoms with van der Waals surface area (Å²) in [5, 5.41) is 0. The number of anilines is 1. The highest BCUT2D eigenvalue weighted by molar-refractivity contribution is 5.23. The monoisotopic (exact) mass is 182 g/mol. The van der Waals surface area contributed by atoms with Gasteiger partial charge in [0.15, 0.2) is 6.23 Å². The maximum Gasteiger partial charge on any atom is 0.351 e. The van der Waals surface area contributed by atoms with Crippen molar-refractivity contribution in [2.45, 2.75) is 12.6 Å². The van der Waals surface area contributed by atoms with Crippen LogP contribution >= 0.6 is 0 Å². The largest absolute Gasteiger partial charge is 0.383 e. The zero-order chi connectivity index (χ0) is 9.26. The van der Waals surface area contributed by atoms with E-state index < -0.39 is 0 Å². The molecule has 3 N–H and O–H groups in total. The summed E-state index contributed by atoms with van der Waals surface area (Å²) in [6, 6.07) is 1.57. The van der Waals surface area contributed by atoms with Gasteiger partial charge in [-0.1, -0.05) is 0 Å². The van der Waals surface area contributed by atoms with Crippen LogP contribution in [-0.2, 0) is 4.84 Å². The molecule has 0 aromatic carbocycles. The van der Waals surface area contributed by atoms with E-state index in [2.05, 4.69) is 10.5 Å². The number of hydrogen-bond acceptors (Lipinski definition) is 5. The Balaban J connectivity index is 2.34. The minimum absolute atomic E-state index is 0.229. The average Bonchev–Trinajstić information content (AvgIpc) is 2.56. The Kier molecular flexibility index (Phi) is 1.99. The maximum atomic E-state index is 11.3. The Morgan fingerprint density at radius 3 is 3.23 bits per heavy atom. The predicted molar refractivity (Wildman–Crippen MR) is 45.7 cm³/mol. The Hall–Kier alpha value is -1.40. The molecule has 1 fully saturated rings. The van der Waals surface area contributed by atoms with Gasteiger partial charge in [-0.05, 0) is 6.07 Å². The summed E-state index contributed by atoms with van der Waals surface area (Å²) < 4.78 is 1.41. The minimum Gasteiger partial charge on any atom is -0.383 e. The standard InChI is InChI=1S/C7H10N4O2/c8-5-2-4-11(7(12)10-5)6-1-3-9-13-6/h2,4,6,9H,1,3H2,(H2,8,10,12). The van der Waals surface area contributed by atoms with Gasteiger partial charge in [-0.25, -0.2) is 4.79 Å². The highest BCUT2D eigenvalue weighted by Crippen LogP contribution is 2.13. The van der Waals surface area contributed by atoms with E-state index in [1.165, 1.54) is 4.57 Å². The second kappa shape index (κ2) is 3.15. The third-order valence-electron chi connectivity index (χ3n) is 1.87. The van der Waals surface area contributed by atoms with Crippen molar-refractivity contribution in [1.82, 2.24) is 15.0 Å². The number of nitrogen functional groups attached to an aromatic ring is 1. The van der Waals surface area contributed by atoms with Crippen molar-refractivity contribution in [2.75, 3.05) is 12.3 Å². The van der Waals surface area contributed by atoms with Crippen molar-refractivity contribution in [3.05, 3.63) is 22.7 Å². The molecule has 70 valence electrons. The number of nitrogens with zero attached hydrogens (tertiary/aromatic N) is 2. The first-order valence-corrected chi connectivity index (χ1v) is 4.00. The number of nitrogens with one attached hydrogen (secondary N) is 1. The van der Waals surface area contributed by atoms with Gasteiger partial charge in [-0.2, -0.15) is 10.5 Å². The molecule has 2 rings (SSSR count). The van der Waals surface area contributed by atoms with Crippen molar-refractivity contribution in [1.29, 1.82) is 0 Å². The number of rotatable bonds is 1. The molecule has 1 aromatic rings. The third kappa shape index (κ3) is 1.53. The first-order chi connectivity index (χ1) is 6.27. The Morgan fingerprint density at radius 2 is 2.62 bits per heavy atom. The smallest absolute Gasteiger partial charge is 0.351 e. The molecule has 0 saturated carbocycles. The van der Waals surface area contributed by atoms with Crippen molar-refractivity contribution < 1.29 is 4.84 Å².